The number of methoxy groups -OCH3 is 2. The van der Waals surface area contributed by atoms with Crippen molar-refractivity contribution < 1.29 is 19.2 Å². The number of hydrogen-bond acceptors (Lipinski definition) is 6. The van der Waals surface area contributed by atoms with Crippen molar-refractivity contribution >= 4 is 17.3 Å². The molecule has 1 amide bonds. The molecule has 0 saturated carbocycles. The van der Waals surface area contributed by atoms with Crippen molar-refractivity contribution in [3.05, 3.63) is 40.1 Å². The summed E-state index contributed by atoms with van der Waals surface area (Å²) in [7, 11) is 2.79. The molecule has 0 fully saturated rings. The lowest BCUT2D eigenvalue weighted by atomic mass is 10.2. The lowest BCUT2D eigenvalue weighted by Crippen LogP contribution is -2.24. The Morgan fingerprint density at radius 3 is 2.62 bits per heavy atom. The van der Waals surface area contributed by atoms with Gasteiger partial charge in [-0.05, 0) is 31.5 Å². The molecule has 1 N–H and O–H groups in total. The van der Waals surface area contributed by atoms with Crippen molar-refractivity contribution in [3.63, 3.8) is 0 Å². The Labute approximate surface area is 138 Å². The van der Waals surface area contributed by atoms with Gasteiger partial charge in [-0.3, -0.25) is 14.9 Å². The Kier molecular flexibility index (Phi) is 5.02. The van der Waals surface area contributed by atoms with Crippen LogP contribution in [0.4, 0.5) is 11.4 Å². The Morgan fingerprint density at radius 1 is 1.38 bits per heavy atom. The number of rotatable bonds is 6. The van der Waals surface area contributed by atoms with Crippen LogP contribution in [0.5, 0.6) is 11.6 Å². The van der Waals surface area contributed by atoms with Crippen LogP contribution in [0.15, 0.2) is 24.4 Å². The molecule has 0 aliphatic carbocycles. The van der Waals surface area contributed by atoms with E-state index in [-0.39, 0.29) is 17.5 Å². The van der Waals surface area contributed by atoms with Gasteiger partial charge >= 0.3 is 11.6 Å². The second kappa shape index (κ2) is 6.99. The second-order valence-electron chi connectivity index (χ2n) is 5.13. The molecule has 2 aromatic rings. The quantitative estimate of drug-likeness (QED) is 0.641. The van der Waals surface area contributed by atoms with Crippen LogP contribution in [0.2, 0.25) is 0 Å². The topological polar surface area (TPSA) is 109 Å². The molecule has 128 valence electrons. The highest BCUT2D eigenvalue weighted by atomic mass is 16.6. The molecule has 1 unspecified atom stereocenters. The number of benzene rings is 1. The van der Waals surface area contributed by atoms with Gasteiger partial charge in [0, 0.05) is 0 Å². The number of carbonyl (C=O) groups is 1. The zero-order valence-corrected chi connectivity index (χ0v) is 13.8. The van der Waals surface area contributed by atoms with Crippen molar-refractivity contribution in [2.45, 2.75) is 19.9 Å². The summed E-state index contributed by atoms with van der Waals surface area (Å²) >= 11 is 0. The number of amides is 1. The van der Waals surface area contributed by atoms with E-state index in [0.717, 1.165) is 11.8 Å². The van der Waals surface area contributed by atoms with Crippen molar-refractivity contribution in [1.82, 2.24) is 9.78 Å². The van der Waals surface area contributed by atoms with Gasteiger partial charge in [0.25, 0.3) is 0 Å². The molecule has 0 aliphatic heterocycles. The molecule has 0 aliphatic rings. The summed E-state index contributed by atoms with van der Waals surface area (Å²) in [4.78, 5) is 22.8. The zero-order chi connectivity index (χ0) is 17.9. The first-order valence-electron chi connectivity index (χ1n) is 7.10. The first-order valence-corrected chi connectivity index (χ1v) is 7.10. The first kappa shape index (κ1) is 17.3. The fraction of sp³-hybridized carbons (Fsp3) is 0.333. The maximum absolute atomic E-state index is 12.4. The highest BCUT2D eigenvalue weighted by Crippen LogP contribution is 2.28. The van der Waals surface area contributed by atoms with E-state index < -0.39 is 11.0 Å². The molecule has 24 heavy (non-hydrogen) atoms. The van der Waals surface area contributed by atoms with Crippen LogP contribution in [0.25, 0.3) is 0 Å². The minimum atomic E-state index is -0.780. The van der Waals surface area contributed by atoms with E-state index >= 15 is 0 Å². The van der Waals surface area contributed by atoms with Crippen LogP contribution >= 0.6 is 0 Å². The summed E-state index contributed by atoms with van der Waals surface area (Å²) in [5, 5.41) is 17.6. The van der Waals surface area contributed by atoms with Gasteiger partial charge in [0.1, 0.15) is 18.0 Å². The normalized spacial score (nSPS) is 11.7. The Bertz CT molecular complexity index is 771. The van der Waals surface area contributed by atoms with Crippen LogP contribution in [0.1, 0.15) is 18.5 Å². The van der Waals surface area contributed by atoms with E-state index in [0.29, 0.717) is 11.4 Å². The van der Waals surface area contributed by atoms with Crippen molar-refractivity contribution in [2.24, 2.45) is 0 Å². The molecule has 9 heteroatoms. The van der Waals surface area contributed by atoms with Crippen LogP contribution in [-0.2, 0) is 4.79 Å². The Hall–Kier alpha value is -3.10. The van der Waals surface area contributed by atoms with Gasteiger partial charge in [0.2, 0.25) is 5.91 Å². The Morgan fingerprint density at radius 2 is 2.08 bits per heavy atom. The van der Waals surface area contributed by atoms with E-state index in [1.165, 1.54) is 18.9 Å². The first-order chi connectivity index (χ1) is 11.4. The molecule has 1 aromatic carbocycles. The average molecular weight is 334 g/mol. The largest absolute Gasteiger partial charge is 0.495 e. The fourth-order valence-electron chi connectivity index (χ4n) is 2.11. The molecular weight excluding hydrogens is 316 g/mol. The fourth-order valence-corrected chi connectivity index (χ4v) is 2.11. The van der Waals surface area contributed by atoms with Gasteiger partial charge in [0.05, 0.1) is 24.8 Å². The highest BCUT2D eigenvalue weighted by molar-refractivity contribution is 5.94. The number of aromatic nitrogens is 2. The van der Waals surface area contributed by atoms with Crippen molar-refractivity contribution in [1.29, 1.82) is 0 Å². The minimum absolute atomic E-state index is 0.146. The number of nitro groups is 1. The lowest BCUT2D eigenvalue weighted by Gasteiger charge is -2.15. The third-order valence-electron chi connectivity index (χ3n) is 3.46. The standard InChI is InChI=1S/C15H18N4O5/c1-9-5-6-13(23-3)11(7-9)16-14(20)10(2)18-8-12(19(21)22)15(17-18)24-4/h5-8,10H,1-4H3,(H,16,20). The molecule has 9 nitrogen and oxygen atoms in total. The summed E-state index contributed by atoms with van der Waals surface area (Å²) in [6.07, 6.45) is 1.16. The number of carbonyl (C=O) groups excluding carboxylic acids is 1. The van der Waals surface area contributed by atoms with Crippen molar-refractivity contribution in [2.75, 3.05) is 19.5 Å². The van der Waals surface area contributed by atoms with E-state index in [4.69, 9.17) is 9.47 Å². The van der Waals surface area contributed by atoms with Gasteiger partial charge in [-0.15, -0.1) is 5.10 Å². The van der Waals surface area contributed by atoms with E-state index in [1.807, 2.05) is 13.0 Å². The van der Waals surface area contributed by atoms with E-state index in [2.05, 4.69) is 10.4 Å². The van der Waals surface area contributed by atoms with Gasteiger partial charge in [-0.25, -0.2) is 4.68 Å². The molecule has 0 spiro atoms. The monoisotopic (exact) mass is 334 g/mol. The van der Waals surface area contributed by atoms with Gasteiger partial charge in [-0.1, -0.05) is 6.07 Å². The number of nitrogens with one attached hydrogen (secondary N) is 1. The molecule has 0 radical (unpaired) electrons. The second-order valence-corrected chi connectivity index (χ2v) is 5.13. The zero-order valence-electron chi connectivity index (χ0n) is 13.8. The third-order valence-corrected chi connectivity index (χ3v) is 3.46. The van der Waals surface area contributed by atoms with Crippen LogP contribution < -0.4 is 14.8 Å². The maximum atomic E-state index is 12.4. The number of hydrogen-bond donors (Lipinski definition) is 1. The molecule has 1 aromatic heterocycles. The molecule has 1 heterocycles. The van der Waals surface area contributed by atoms with E-state index in [1.54, 1.807) is 19.1 Å². The predicted molar refractivity (Wildman–Crippen MR) is 86.5 cm³/mol. The highest BCUT2D eigenvalue weighted by Gasteiger charge is 2.25. The van der Waals surface area contributed by atoms with Crippen LogP contribution in [-0.4, -0.2) is 34.8 Å². The third kappa shape index (κ3) is 3.45. The predicted octanol–water partition coefficient (Wildman–Crippen LogP) is 2.32. The minimum Gasteiger partial charge on any atom is -0.495 e. The van der Waals surface area contributed by atoms with E-state index in [9.17, 15) is 14.9 Å². The number of ether oxygens (including phenoxy) is 2. The van der Waals surface area contributed by atoms with Crippen LogP contribution in [0.3, 0.4) is 0 Å². The van der Waals surface area contributed by atoms with Gasteiger partial charge < -0.3 is 14.8 Å². The Balaban J connectivity index is 2.24. The average Bonchev–Trinajstić information content (AvgIpc) is 2.99. The smallest absolute Gasteiger partial charge is 0.350 e. The number of aryl methyl sites for hydroxylation is 1. The molecule has 1 atom stereocenters. The van der Waals surface area contributed by atoms with Gasteiger partial charge in [0.15, 0.2) is 0 Å². The maximum Gasteiger partial charge on any atom is 0.350 e. The number of anilines is 1. The molecule has 2 rings (SSSR count). The molecule has 0 bridgehead atoms. The number of nitrogens with zero attached hydrogens (tertiary/aromatic N) is 3. The van der Waals surface area contributed by atoms with Crippen LogP contribution in [0, 0.1) is 17.0 Å². The molecule has 0 saturated heterocycles. The summed E-state index contributed by atoms with van der Waals surface area (Å²) in [6, 6.07) is 4.60. The molecular formula is C15H18N4O5. The summed E-state index contributed by atoms with van der Waals surface area (Å²) in [5.41, 5.74) is 1.17. The summed E-state index contributed by atoms with van der Waals surface area (Å²) < 4.78 is 11.3. The summed E-state index contributed by atoms with van der Waals surface area (Å²) in [5.74, 6) is -0.0167. The van der Waals surface area contributed by atoms with Gasteiger partial charge in [-0.2, -0.15) is 0 Å². The summed E-state index contributed by atoms with van der Waals surface area (Å²) in [6.45, 7) is 3.47. The lowest BCUT2D eigenvalue weighted by molar-refractivity contribution is -0.385. The van der Waals surface area contributed by atoms with Crippen molar-refractivity contribution in [3.8, 4) is 11.6 Å². The SMILES string of the molecule is COc1ccc(C)cc1NC(=O)C(C)n1cc([N+](=O)[O-])c(OC)n1.